The smallest absolute Gasteiger partial charge is 0.317 e. The minimum absolute atomic E-state index is 0.159. The van der Waals surface area contributed by atoms with Crippen molar-refractivity contribution >= 4 is 23.3 Å². The van der Waals surface area contributed by atoms with Gasteiger partial charge in [0.1, 0.15) is 0 Å². The van der Waals surface area contributed by atoms with E-state index in [1.165, 1.54) is 4.90 Å². The van der Waals surface area contributed by atoms with E-state index in [-0.39, 0.29) is 6.03 Å². The molecule has 4 nitrogen and oxygen atoms in total. The summed E-state index contributed by atoms with van der Waals surface area (Å²) < 4.78 is 0. The number of nitrogens with two attached hydrogens (primary N) is 1. The minimum atomic E-state index is -0.159. The Hall–Kier alpha value is -1.42. The van der Waals surface area contributed by atoms with Crippen LogP contribution in [0.15, 0.2) is 18.2 Å². The van der Waals surface area contributed by atoms with Crippen molar-refractivity contribution in [2.24, 2.45) is 0 Å². The molecule has 0 bridgehead atoms. The summed E-state index contributed by atoms with van der Waals surface area (Å²) in [7, 11) is 3.28. The zero-order valence-corrected chi connectivity index (χ0v) is 9.51. The lowest BCUT2D eigenvalue weighted by Crippen LogP contribution is -2.34. The van der Waals surface area contributed by atoms with Crippen LogP contribution in [0.25, 0.3) is 0 Å². The van der Waals surface area contributed by atoms with Crippen LogP contribution in [0.3, 0.4) is 0 Å². The Bertz CT molecular complexity index is 368. The molecule has 0 aromatic heterocycles. The first-order chi connectivity index (χ1) is 7.04. The molecule has 0 saturated carbocycles. The van der Waals surface area contributed by atoms with E-state index in [0.717, 1.165) is 5.56 Å². The third kappa shape index (κ3) is 3.02. The average molecular weight is 228 g/mol. The van der Waals surface area contributed by atoms with Crippen LogP contribution in [-0.2, 0) is 6.54 Å². The van der Waals surface area contributed by atoms with Gasteiger partial charge in [-0.15, -0.1) is 0 Å². The highest BCUT2D eigenvalue weighted by molar-refractivity contribution is 6.31. The van der Waals surface area contributed by atoms with Crippen molar-refractivity contribution in [3.05, 3.63) is 28.8 Å². The zero-order valence-electron chi connectivity index (χ0n) is 8.75. The van der Waals surface area contributed by atoms with Gasteiger partial charge in [-0.05, 0) is 23.8 Å². The SMILES string of the molecule is CNC(=O)N(C)Cc1cc(N)ccc1Cl. The fraction of sp³-hybridized carbons (Fsp3) is 0.300. The lowest BCUT2D eigenvalue weighted by molar-refractivity contribution is 0.209. The second-order valence-corrected chi connectivity index (χ2v) is 3.67. The maximum absolute atomic E-state index is 11.3. The predicted molar refractivity (Wildman–Crippen MR) is 61.8 cm³/mol. The quantitative estimate of drug-likeness (QED) is 0.756. The van der Waals surface area contributed by atoms with Gasteiger partial charge >= 0.3 is 6.03 Å². The molecule has 2 amide bonds. The third-order valence-corrected chi connectivity index (χ3v) is 2.41. The molecule has 0 atom stereocenters. The van der Waals surface area contributed by atoms with Crippen LogP contribution in [0.4, 0.5) is 10.5 Å². The Labute approximate surface area is 94.0 Å². The fourth-order valence-electron chi connectivity index (χ4n) is 1.23. The van der Waals surface area contributed by atoms with Gasteiger partial charge in [0, 0.05) is 31.4 Å². The first-order valence-corrected chi connectivity index (χ1v) is 4.89. The van der Waals surface area contributed by atoms with Gasteiger partial charge in [-0.3, -0.25) is 0 Å². The van der Waals surface area contributed by atoms with Gasteiger partial charge in [-0.1, -0.05) is 11.6 Å². The van der Waals surface area contributed by atoms with Crippen molar-refractivity contribution in [1.29, 1.82) is 0 Å². The number of amides is 2. The third-order valence-electron chi connectivity index (χ3n) is 2.04. The van der Waals surface area contributed by atoms with Crippen molar-refractivity contribution in [2.45, 2.75) is 6.54 Å². The zero-order chi connectivity index (χ0) is 11.4. The fourth-order valence-corrected chi connectivity index (χ4v) is 1.41. The molecule has 0 heterocycles. The molecule has 0 aliphatic heterocycles. The molecule has 1 aromatic rings. The Morgan fingerprint density at radius 1 is 1.60 bits per heavy atom. The number of carbonyl (C=O) groups is 1. The first-order valence-electron chi connectivity index (χ1n) is 4.51. The highest BCUT2D eigenvalue weighted by Gasteiger charge is 2.09. The summed E-state index contributed by atoms with van der Waals surface area (Å²) in [5, 5.41) is 3.14. The summed E-state index contributed by atoms with van der Waals surface area (Å²) in [6.07, 6.45) is 0. The molecule has 0 aliphatic rings. The number of carbonyl (C=O) groups excluding carboxylic acids is 1. The van der Waals surface area contributed by atoms with Gasteiger partial charge < -0.3 is 16.0 Å². The summed E-state index contributed by atoms with van der Waals surface area (Å²) in [5.41, 5.74) is 7.11. The van der Waals surface area contributed by atoms with E-state index in [9.17, 15) is 4.79 Å². The van der Waals surface area contributed by atoms with E-state index in [4.69, 9.17) is 17.3 Å². The number of rotatable bonds is 2. The van der Waals surface area contributed by atoms with Crippen LogP contribution in [0, 0.1) is 0 Å². The van der Waals surface area contributed by atoms with E-state index in [2.05, 4.69) is 5.32 Å². The van der Waals surface area contributed by atoms with E-state index < -0.39 is 0 Å². The molecule has 0 radical (unpaired) electrons. The molecular weight excluding hydrogens is 214 g/mol. The van der Waals surface area contributed by atoms with Crippen molar-refractivity contribution in [1.82, 2.24) is 10.2 Å². The van der Waals surface area contributed by atoms with Gasteiger partial charge in [0.15, 0.2) is 0 Å². The lowest BCUT2D eigenvalue weighted by Gasteiger charge is -2.17. The summed E-state index contributed by atoms with van der Waals surface area (Å²) >= 11 is 5.97. The Balaban J connectivity index is 2.80. The molecule has 3 N–H and O–H groups in total. The van der Waals surface area contributed by atoms with E-state index >= 15 is 0 Å². The Kier molecular flexibility index (Phi) is 3.80. The highest BCUT2D eigenvalue weighted by atomic mass is 35.5. The minimum Gasteiger partial charge on any atom is -0.399 e. The summed E-state index contributed by atoms with van der Waals surface area (Å²) in [6, 6.07) is 5.06. The van der Waals surface area contributed by atoms with Crippen molar-refractivity contribution in [3.63, 3.8) is 0 Å². The Morgan fingerprint density at radius 3 is 2.87 bits per heavy atom. The van der Waals surface area contributed by atoms with E-state index in [1.807, 2.05) is 0 Å². The number of benzene rings is 1. The predicted octanol–water partition coefficient (Wildman–Crippen LogP) is 1.69. The van der Waals surface area contributed by atoms with Gasteiger partial charge in [-0.2, -0.15) is 0 Å². The number of halogens is 1. The Morgan fingerprint density at radius 2 is 2.27 bits per heavy atom. The van der Waals surface area contributed by atoms with Crippen LogP contribution in [0.1, 0.15) is 5.56 Å². The monoisotopic (exact) mass is 227 g/mol. The summed E-state index contributed by atoms with van der Waals surface area (Å²) in [5.74, 6) is 0. The van der Waals surface area contributed by atoms with E-state index in [1.54, 1.807) is 32.3 Å². The van der Waals surface area contributed by atoms with Crippen molar-refractivity contribution in [3.8, 4) is 0 Å². The standard InChI is InChI=1S/C10H14ClN3O/c1-13-10(15)14(2)6-7-5-8(12)3-4-9(7)11/h3-5H,6,12H2,1-2H3,(H,13,15). The van der Waals surface area contributed by atoms with Crippen LogP contribution < -0.4 is 11.1 Å². The highest BCUT2D eigenvalue weighted by Crippen LogP contribution is 2.20. The lowest BCUT2D eigenvalue weighted by atomic mass is 10.2. The van der Waals surface area contributed by atoms with Gasteiger partial charge in [0.25, 0.3) is 0 Å². The number of nitrogen functional groups attached to an aromatic ring is 1. The van der Waals surface area contributed by atoms with Crippen molar-refractivity contribution in [2.75, 3.05) is 19.8 Å². The summed E-state index contributed by atoms with van der Waals surface area (Å²) in [4.78, 5) is 12.8. The van der Waals surface area contributed by atoms with Crippen LogP contribution in [-0.4, -0.2) is 25.0 Å². The van der Waals surface area contributed by atoms with Gasteiger partial charge in [0.2, 0.25) is 0 Å². The number of hydrogen-bond acceptors (Lipinski definition) is 2. The molecule has 0 aliphatic carbocycles. The molecule has 5 heteroatoms. The maximum Gasteiger partial charge on any atom is 0.317 e. The van der Waals surface area contributed by atoms with Crippen LogP contribution in [0.2, 0.25) is 5.02 Å². The topological polar surface area (TPSA) is 58.4 Å². The molecule has 82 valence electrons. The average Bonchev–Trinajstić information content (AvgIpc) is 2.22. The second kappa shape index (κ2) is 4.89. The number of anilines is 1. The van der Waals surface area contributed by atoms with E-state index in [0.29, 0.717) is 17.3 Å². The van der Waals surface area contributed by atoms with Crippen LogP contribution >= 0.6 is 11.6 Å². The number of nitrogens with one attached hydrogen (secondary N) is 1. The molecule has 1 aromatic carbocycles. The molecule has 15 heavy (non-hydrogen) atoms. The molecule has 1 rings (SSSR count). The van der Waals surface area contributed by atoms with Gasteiger partial charge in [0.05, 0.1) is 0 Å². The largest absolute Gasteiger partial charge is 0.399 e. The van der Waals surface area contributed by atoms with Crippen LogP contribution in [0.5, 0.6) is 0 Å². The normalized spacial score (nSPS) is 9.80. The number of hydrogen-bond donors (Lipinski definition) is 2. The molecule has 0 spiro atoms. The van der Waals surface area contributed by atoms with Gasteiger partial charge in [-0.25, -0.2) is 4.79 Å². The first kappa shape index (κ1) is 11.7. The molecule has 0 saturated heterocycles. The summed E-state index contributed by atoms with van der Waals surface area (Å²) in [6.45, 7) is 0.434. The molecular formula is C10H14ClN3O. The second-order valence-electron chi connectivity index (χ2n) is 3.26. The maximum atomic E-state index is 11.3. The molecule has 0 unspecified atom stereocenters. The van der Waals surface area contributed by atoms with Crippen molar-refractivity contribution < 1.29 is 4.79 Å². The number of nitrogens with zero attached hydrogens (tertiary/aromatic N) is 1. The number of urea groups is 1. The molecule has 0 fully saturated rings.